The first-order valence-electron chi connectivity index (χ1n) is 9.86. The number of hydrogen-bond acceptors (Lipinski definition) is 4. The van der Waals surface area contributed by atoms with E-state index in [1.165, 1.54) is 36.6 Å². The molecule has 1 N–H and O–H groups in total. The molecular formula is C20H26N4O3. The molecule has 7 heteroatoms. The summed E-state index contributed by atoms with van der Waals surface area (Å²) in [5.74, 6) is 0.126. The number of aryl methyl sites for hydroxylation is 2. The first kappa shape index (κ1) is 17.8. The number of nitrogens with one attached hydrogen (secondary N) is 1. The molecule has 7 nitrogen and oxygen atoms in total. The van der Waals surface area contributed by atoms with Crippen LogP contribution in [-0.2, 0) is 24.1 Å². The van der Waals surface area contributed by atoms with Crippen molar-refractivity contribution in [1.82, 2.24) is 20.0 Å². The van der Waals surface area contributed by atoms with Gasteiger partial charge >= 0.3 is 0 Å². The number of aromatic amines is 1. The van der Waals surface area contributed by atoms with E-state index >= 15 is 0 Å². The standard InChI is InChI=1S/C20H26N4O3/c25-19(7-6-18-16-4-1-2-5-17(16)21-22-18)23-9-3-10-24(12-11-23)20(26)15-8-13-27-14-15/h8,13-14H,1-7,9-12H2,(H,21,22). The lowest BCUT2D eigenvalue weighted by molar-refractivity contribution is -0.131. The summed E-state index contributed by atoms with van der Waals surface area (Å²) in [7, 11) is 0. The number of furan rings is 1. The number of nitrogens with zero attached hydrogens (tertiary/aromatic N) is 3. The summed E-state index contributed by atoms with van der Waals surface area (Å²) in [5, 5.41) is 7.58. The molecule has 1 saturated heterocycles. The molecule has 2 aliphatic rings. The maximum atomic E-state index is 12.7. The van der Waals surface area contributed by atoms with Crippen LogP contribution >= 0.6 is 0 Å². The highest BCUT2D eigenvalue weighted by Crippen LogP contribution is 2.23. The molecule has 2 aromatic heterocycles. The van der Waals surface area contributed by atoms with Crippen LogP contribution in [-0.4, -0.2) is 58.0 Å². The molecule has 0 aromatic carbocycles. The Bertz CT molecular complexity index is 796. The molecule has 27 heavy (non-hydrogen) atoms. The Kier molecular flexibility index (Phi) is 5.27. The number of rotatable bonds is 4. The van der Waals surface area contributed by atoms with E-state index in [9.17, 15) is 9.59 Å². The minimum absolute atomic E-state index is 0.0267. The van der Waals surface area contributed by atoms with Gasteiger partial charge in [-0.2, -0.15) is 5.10 Å². The van der Waals surface area contributed by atoms with Crippen LogP contribution in [0.3, 0.4) is 0 Å². The predicted octanol–water partition coefficient (Wildman–Crippen LogP) is 2.19. The van der Waals surface area contributed by atoms with E-state index in [2.05, 4.69) is 10.2 Å². The highest BCUT2D eigenvalue weighted by molar-refractivity contribution is 5.93. The molecule has 0 spiro atoms. The van der Waals surface area contributed by atoms with Crippen molar-refractivity contribution in [3.05, 3.63) is 41.1 Å². The number of amides is 2. The fourth-order valence-corrected chi connectivity index (χ4v) is 4.08. The van der Waals surface area contributed by atoms with Gasteiger partial charge < -0.3 is 14.2 Å². The van der Waals surface area contributed by atoms with Crippen molar-refractivity contribution in [3.8, 4) is 0 Å². The van der Waals surface area contributed by atoms with Crippen LogP contribution in [0.4, 0.5) is 0 Å². The van der Waals surface area contributed by atoms with Gasteiger partial charge in [0.25, 0.3) is 5.91 Å². The molecule has 144 valence electrons. The van der Waals surface area contributed by atoms with Crippen molar-refractivity contribution in [3.63, 3.8) is 0 Å². The topological polar surface area (TPSA) is 82.4 Å². The molecule has 1 fully saturated rings. The lowest BCUT2D eigenvalue weighted by atomic mass is 9.94. The molecule has 2 aromatic rings. The second kappa shape index (κ2) is 7.98. The van der Waals surface area contributed by atoms with Gasteiger partial charge in [-0.15, -0.1) is 0 Å². The molecule has 2 amide bonds. The Hall–Kier alpha value is -2.57. The molecule has 1 aliphatic carbocycles. The van der Waals surface area contributed by atoms with Gasteiger partial charge in [0.05, 0.1) is 17.5 Å². The first-order valence-corrected chi connectivity index (χ1v) is 9.86. The van der Waals surface area contributed by atoms with Gasteiger partial charge in [0.2, 0.25) is 5.91 Å². The molecule has 0 saturated carbocycles. The molecule has 0 atom stereocenters. The van der Waals surface area contributed by atoms with E-state index in [1.54, 1.807) is 6.07 Å². The zero-order chi connectivity index (χ0) is 18.6. The monoisotopic (exact) mass is 370 g/mol. The predicted molar refractivity (Wildman–Crippen MR) is 99.4 cm³/mol. The SMILES string of the molecule is O=C(CCc1n[nH]c2c1CCCC2)N1CCCN(C(=O)c2ccoc2)CC1. The van der Waals surface area contributed by atoms with Crippen molar-refractivity contribution in [2.75, 3.05) is 26.2 Å². The van der Waals surface area contributed by atoms with Crippen molar-refractivity contribution in [1.29, 1.82) is 0 Å². The molecule has 1 aliphatic heterocycles. The van der Waals surface area contributed by atoms with E-state index in [1.807, 2.05) is 9.80 Å². The third kappa shape index (κ3) is 3.91. The maximum absolute atomic E-state index is 12.7. The third-order valence-corrected chi connectivity index (χ3v) is 5.62. The van der Waals surface area contributed by atoms with Gasteiger partial charge in [0.15, 0.2) is 0 Å². The number of hydrogen-bond donors (Lipinski definition) is 1. The second-order valence-corrected chi connectivity index (χ2v) is 7.37. The third-order valence-electron chi connectivity index (χ3n) is 5.62. The smallest absolute Gasteiger partial charge is 0.257 e. The zero-order valence-electron chi connectivity index (χ0n) is 15.6. The van der Waals surface area contributed by atoms with Crippen LogP contribution in [0, 0.1) is 0 Å². The molecule has 4 rings (SSSR count). The largest absolute Gasteiger partial charge is 0.472 e. The summed E-state index contributed by atoms with van der Waals surface area (Å²) < 4.78 is 5.00. The van der Waals surface area contributed by atoms with Crippen molar-refractivity contribution in [2.24, 2.45) is 0 Å². The van der Waals surface area contributed by atoms with Crippen LogP contribution in [0.25, 0.3) is 0 Å². The summed E-state index contributed by atoms with van der Waals surface area (Å²) in [5.41, 5.74) is 4.22. The van der Waals surface area contributed by atoms with Gasteiger partial charge in [-0.1, -0.05) is 0 Å². The van der Waals surface area contributed by atoms with E-state index in [4.69, 9.17) is 4.42 Å². The van der Waals surface area contributed by atoms with Crippen LogP contribution < -0.4 is 0 Å². The Labute approximate surface area is 158 Å². The number of fused-ring (bicyclic) bond motifs is 1. The average Bonchev–Trinajstić information content (AvgIpc) is 3.30. The van der Waals surface area contributed by atoms with Crippen molar-refractivity contribution in [2.45, 2.75) is 44.9 Å². The van der Waals surface area contributed by atoms with Gasteiger partial charge in [0, 0.05) is 44.7 Å². The maximum Gasteiger partial charge on any atom is 0.257 e. The summed E-state index contributed by atoms with van der Waals surface area (Å²) in [6, 6.07) is 1.68. The second-order valence-electron chi connectivity index (χ2n) is 7.37. The van der Waals surface area contributed by atoms with Crippen LogP contribution in [0.1, 0.15) is 53.0 Å². The fourth-order valence-electron chi connectivity index (χ4n) is 4.08. The summed E-state index contributed by atoms with van der Waals surface area (Å²) in [6.45, 7) is 2.52. The van der Waals surface area contributed by atoms with E-state index in [0.29, 0.717) is 44.6 Å². The Morgan fingerprint density at radius 3 is 2.74 bits per heavy atom. The lowest BCUT2D eigenvalue weighted by Gasteiger charge is -2.22. The summed E-state index contributed by atoms with van der Waals surface area (Å²) >= 11 is 0. The quantitative estimate of drug-likeness (QED) is 0.894. The van der Waals surface area contributed by atoms with Gasteiger partial charge in [-0.05, 0) is 43.7 Å². The minimum Gasteiger partial charge on any atom is -0.472 e. The van der Waals surface area contributed by atoms with E-state index < -0.39 is 0 Å². The summed E-state index contributed by atoms with van der Waals surface area (Å²) in [6.07, 6.45) is 9.52. The molecular weight excluding hydrogens is 344 g/mol. The molecule has 0 radical (unpaired) electrons. The molecule has 0 bridgehead atoms. The Morgan fingerprint density at radius 2 is 1.89 bits per heavy atom. The van der Waals surface area contributed by atoms with Crippen LogP contribution in [0.5, 0.6) is 0 Å². The first-order chi connectivity index (χ1) is 13.2. The highest BCUT2D eigenvalue weighted by Gasteiger charge is 2.24. The van der Waals surface area contributed by atoms with Crippen molar-refractivity contribution >= 4 is 11.8 Å². The summed E-state index contributed by atoms with van der Waals surface area (Å²) in [4.78, 5) is 28.8. The minimum atomic E-state index is -0.0267. The average molecular weight is 370 g/mol. The molecule has 0 unspecified atom stereocenters. The van der Waals surface area contributed by atoms with Crippen molar-refractivity contribution < 1.29 is 14.0 Å². The van der Waals surface area contributed by atoms with Gasteiger partial charge in [0.1, 0.15) is 6.26 Å². The van der Waals surface area contributed by atoms with E-state index in [0.717, 1.165) is 25.0 Å². The van der Waals surface area contributed by atoms with E-state index in [-0.39, 0.29) is 11.8 Å². The number of carbonyl (C=O) groups is 2. The van der Waals surface area contributed by atoms with Crippen LogP contribution in [0.2, 0.25) is 0 Å². The lowest BCUT2D eigenvalue weighted by Crippen LogP contribution is -2.37. The van der Waals surface area contributed by atoms with Gasteiger partial charge in [-0.25, -0.2) is 0 Å². The molecule has 3 heterocycles. The number of carbonyl (C=O) groups excluding carboxylic acids is 2. The number of aromatic nitrogens is 2. The number of H-pyrrole nitrogens is 1. The normalized spacial score (nSPS) is 17.5. The zero-order valence-corrected chi connectivity index (χ0v) is 15.6. The van der Waals surface area contributed by atoms with Crippen LogP contribution in [0.15, 0.2) is 23.0 Å². The highest BCUT2D eigenvalue weighted by atomic mass is 16.3. The van der Waals surface area contributed by atoms with Gasteiger partial charge in [-0.3, -0.25) is 14.7 Å². The Morgan fingerprint density at radius 1 is 1.07 bits per heavy atom. The Balaban J connectivity index is 1.30. The fraction of sp³-hybridized carbons (Fsp3) is 0.550.